The van der Waals surface area contributed by atoms with E-state index in [4.69, 9.17) is 4.74 Å². The number of hydrogen-bond acceptors (Lipinski definition) is 2. The molecule has 2 nitrogen and oxygen atoms in total. The van der Waals surface area contributed by atoms with Gasteiger partial charge >= 0.3 is 0 Å². The van der Waals surface area contributed by atoms with Crippen LogP contribution in [0.5, 0.6) is 5.75 Å². The number of halogens is 1. The van der Waals surface area contributed by atoms with E-state index in [0.717, 1.165) is 22.3 Å². The standard InChI is InChI=1S/C17H20BrNO/c1-4-17(13-5-8-15(20-3)9-6-13)19-14-7-10-16(18)12(2)11-14/h5-11,17,19H,4H2,1-3H3. The molecule has 1 N–H and O–H groups in total. The first kappa shape index (κ1) is 14.9. The van der Waals surface area contributed by atoms with Crippen LogP contribution in [0.15, 0.2) is 46.9 Å². The number of benzene rings is 2. The minimum Gasteiger partial charge on any atom is -0.497 e. The Morgan fingerprint density at radius 2 is 1.85 bits per heavy atom. The van der Waals surface area contributed by atoms with E-state index in [9.17, 15) is 0 Å². The average Bonchev–Trinajstić information content (AvgIpc) is 2.48. The smallest absolute Gasteiger partial charge is 0.118 e. The summed E-state index contributed by atoms with van der Waals surface area (Å²) in [6.45, 7) is 4.29. The molecule has 0 fully saturated rings. The number of aryl methyl sites for hydroxylation is 1. The number of methoxy groups -OCH3 is 1. The molecule has 0 aromatic heterocycles. The molecular weight excluding hydrogens is 314 g/mol. The topological polar surface area (TPSA) is 21.3 Å². The van der Waals surface area contributed by atoms with Crippen LogP contribution in [0.4, 0.5) is 5.69 Å². The van der Waals surface area contributed by atoms with Gasteiger partial charge in [-0.25, -0.2) is 0 Å². The van der Waals surface area contributed by atoms with E-state index in [-0.39, 0.29) is 0 Å². The second kappa shape index (κ2) is 6.80. The maximum atomic E-state index is 5.20. The Morgan fingerprint density at radius 1 is 1.15 bits per heavy atom. The summed E-state index contributed by atoms with van der Waals surface area (Å²) >= 11 is 3.53. The molecule has 20 heavy (non-hydrogen) atoms. The van der Waals surface area contributed by atoms with Crippen LogP contribution in [0.25, 0.3) is 0 Å². The van der Waals surface area contributed by atoms with Gasteiger partial charge in [0.25, 0.3) is 0 Å². The molecule has 1 unspecified atom stereocenters. The van der Waals surface area contributed by atoms with Crippen LogP contribution in [-0.4, -0.2) is 7.11 Å². The van der Waals surface area contributed by atoms with Crippen molar-refractivity contribution in [3.05, 3.63) is 58.1 Å². The van der Waals surface area contributed by atoms with E-state index in [2.05, 4.69) is 65.4 Å². The van der Waals surface area contributed by atoms with Crippen molar-refractivity contribution in [3.63, 3.8) is 0 Å². The number of anilines is 1. The zero-order valence-corrected chi connectivity index (χ0v) is 13.7. The van der Waals surface area contributed by atoms with E-state index >= 15 is 0 Å². The Balaban J connectivity index is 2.16. The highest BCUT2D eigenvalue weighted by molar-refractivity contribution is 9.10. The zero-order chi connectivity index (χ0) is 14.5. The lowest BCUT2D eigenvalue weighted by Gasteiger charge is -2.19. The quantitative estimate of drug-likeness (QED) is 0.798. The fraction of sp³-hybridized carbons (Fsp3) is 0.294. The molecule has 0 aliphatic heterocycles. The van der Waals surface area contributed by atoms with Crippen LogP contribution < -0.4 is 10.1 Å². The summed E-state index contributed by atoms with van der Waals surface area (Å²) in [6.07, 6.45) is 1.03. The Labute approximate surface area is 129 Å². The molecule has 0 aliphatic carbocycles. The van der Waals surface area contributed by atoms with Crippen LogP contribution in [0.3, 0.4) is 0 Å². The molecule has 2 rings (SSSR count). The molecule has 0 heterocycles. The molecule has 0 saturated carbocycles. The van der Waals surface area contributed by atoms with Gasteiger partial charge in [0.15, 0.2) is 0 Å². The van der Waals surface area contributed by atoms with Crippen molar-refractivity contribution < 1.29 is 4.74 Å². The van der Waals surface area contributed by atoms with Gasteiger partial charge in [0, 0.05) is 10.2 Å². The minimum absolute atomic E-state index is 0.307. The summed E-state index contributed by atoms with van der Waals surface area (Å²) in [5.41, 5.74) is 3.65. The summed E-state index contributed by atoms with van der Waals surface area (Å²) < 4.78 is 6.34. The maximum absolute atomic E-state index is 5.20. The molecule has 3 heteroatoms. The Bertz CT molecular complexity index is 566. The normalized spacial score (nSPS) is 12.0. The van der Waals surface area contributed by atoms with Crippen LogP contribution >= 0.6 is 15.9 Å². The monoisotopic (exact) mass is 333 g/mol. The lowest BCUT2D eigenvalue weighted by Crippen LogP contribution is -2.09. The molecule has 0 amide bonds. The van der Waals surface area contributed by atoms with Crippen LogP contribution in [-0.2, 0) is 0 Å². The third-order valence-electron chi connectivity index (χ3n) is 3.43. The highest BCUT2D eigenvalue weighted by atomic mass is 79.9. The van der Waals surface area contributed by atoms with Gasteiger partial charge < -0.3 is 10.1 Å². The van der Waals surface area contributed by atoms with E-state index in [1.165, 1.54) is 11.1 Å². The maximum Gasteiger partial charge on any atom is 0.118 e. The third kappa shape index (κ3) is 3.54. The van der Waals surface area contributed by atoms with Crippen LogP contribution in [0, 0.1) is 6.92 Å². The average molecular weight is 334 g/mol. The van der Waals surface area contributed by atoms with Crippen molar-refractivity contribution in [2.75, 3.05) is 12.4 Å². The molecule has 0 bridgehead atoms. The van der Waals surface area contributed by atoms with Crippen molar-refractivity contribution >= 4 is 21.6 Å². The first-order valence-corrected chi connectivity index (χ1v) is 7.60. The fourth-order valence-corrected chi connectivity index (χ4v) is 2.44. The lowest BCUT2D eigenvalue weighted by molar-refractivity contribution is 0.414. The number of nitrogens with one attached hydrogen (secondary N) is 1. The van der Waals surface area contributed by atoms with E-state index in [0.29, 0.717) is 6.04 Å². The molecule has 0 spiro atoms. The van der Waals surface area contributed by atoms with Crippen LogP contribution in [0.1, 0.15) is 30.5 Å². The van der Waals surface area contributed by atoms with Crippen molar-refractivity contribution in [1.82, 2.24) is 0 Å². The van der Waals surface area contributed by atoms with Crippen molar-refractivity contribution in [2.45, 2.75) is 26.3 Å². The second-order valence-corrected chi connectivity index (χ2v) is 5.70. The molecule has 0 saturated heterocycles. The van der Waals surface area contributed by atoms with E-state index in [1.807, 2.05) is 12.1 Å². The number of ether oxygens (including phenoxy) is 1. The molecule has 2 aromatic carbocycles. The Morgan fingerprint density at radius 3 is 2.40 bits per heavy atom. The summed E-state index contributed by atoms with van der Waals surface area (Å²) in [7, 11) is 1.69. The lowest BCUT2D eigenvalue weighted by atomic mass is 10.0. The van der Waals surface area contributed by atoms with Crippen molar-refractivity contribution in [1.29, 1.82) is 0 Å². The van der Waals surface area contributed by atoms with Crippen LogP contribution in [0.2, 0.25) is 0 Å². The van der Waals surface area contributed by atoms with E-state index in [1.54, 1.807) is 7.11 Å². The molecule has 0 aliphatic rings. The van der Waals surface area contributed by atoms with Crippen molar-refractivity contribution in [3.8, 4) is 5.75 Å². The fourth-order valence-electron chi connectivity index (χ4n) is 2.19. The summed E-state index contributed by atoms with van der Waals surface area (Å²) in [6, 6.07) is 14.9. The first-order valence-electron chi connectivity index (χ1n) is 6.80. The van der Waals surface area contributed by atoms with Gasteiger partial charge in [0.2, 0.25) is 0 Å². The SMILES string of the molecule is CCC(Nc1ccc(Br)c(C)c1)c1ccc(OC)cc1. The predicted octanol–water partition coefficient (Wildman–Crippen LogP) is 5.33. The van der Waals surface area contributed by atoms with Crippen molar-refractivity contribution in [2.24, 2.45) is 0 Å². The highest BCUT2D eigenvalue weighted by Gasteiger charge is 2.09. The second-order valence-electron chi connectivity index (χ2n) is 4.84. The van der Waals surface area contributed by atoms with E-state index < -0.39 is 0 Å². The minimum atomic E-state index is 0.307. The summed E-state index contributed by atoms with van der Waals surface area (Å²) in [4.78, 5) is 0. The van der Waals surface area contributed by atoms with Gasteiger partial charge in [0.05, 0.1) is 13.2 Å². The molecular formula is C17H20BrNO. The number of rotatable bonds is 5. The Hall–Kier alpha value is -1.48. The molecule has 2 aromatic rings. The molecule has 1 atom stereocenters. The Kier molecular flexibility index (Phi) is 5.07. The van der Waals surface area contributed by atoms with Gasteiger partial charge in [-0.05, 0) is 54.8 Å². The van der Waals surface area contributed by atoms with Gasteiger partial charge in [-0.15, -0.1) is 0 Å². The summed E-state index contributed by atoms with van der Waals surface area (Å²) in [5, 5.41) is 3.59. The van der Waals surface area contributed by atoms with Gasteiger partial charge in [-0.2, -0.15) is 0 Å². The summed E-state index contributed by atoms with van der Waals surface area (Å²) in [5.74, 6) is 0.892. The zero-order valence-electron chi connectivity index (χ0n) is 12.1. The molecule has 0 radical (unpaired) electrons. The van der Waals surface area contributed by atoms with Gasteiger partial charge in [0.1, 0.15) is 5.75 Å². The first-order chi connectivity index (χ1) is 9.63. The third-order valence-corrected chi connectivity index (χ3v) is 4.32. The number of hydrogen-bond donors (Lipinski definition) is 1. The highest BCUT2D eigenvalue weighted by Crippen LogP contribution is 2.26. The largest absolute Gasteiger partial charge is 0.497 e. The van der Waals surface area contributed by atoms with Gasteiger partial charge in [-0.1, -0.05) is 35.0 Å². The predicted molar refractivity (Wildman–Crippen MR) is 88.5 cm³/mol. The molecule has 106 valence electrons. The van der Waals surface area contributed by atoms with Gasteiger partial charge in [-0.3, -0.25) is 0 Å².